The van der Waals surface area contributed by atoms with Crippen LogP contribution >= 0.6 is 0 Å². The van der Waals surface area contributed by atoms with Gasteiger partial charge in [0.2, 0.25) is 17.7 Å². The van der Waals surface area contributed by atoms with Crippen LogP contribution in [0.3, 0.4) is 0 Å². The molecule has 0 radical (unpaired) electrons. The number of H-pyrrole nitrogens is 1. The van der Waals surface area contributed by atoms with E-state index in [1.165, 1.54) is 11.0 Å². The number of nitrogens with zero attached hydrogens (tertiary/aromatic N) is 6. The molecule has 3 N–H and O–H groups in total. The molecule has 59 heavy (non-hydrogen) atoms. The lowest BCUT2D eigenvalue weighted by Gasteiger charge is -2.61. The van der Waals surface area contributed by atoms with Crippen LogP contribution in [0.5, 0.6) is 0 Å². The topological polar surface area (TPSA) is 139 Å². The van der Waals surface area contributed by atoms with Gasteiger partial charge in [-0.15, -0.1) is 0 Å². The van der Waals surface area contributed by atoms with Gasteiger partial charge < -0.3 is 29.9 Å². The molecule has 2 aromatic heterocycles. The molecular formula is C44H45F2N9O4. The van der Waals surface area contributed by atoms with E-state index in [1.807, 2.05) is 41.4 Å². The Balaban J connectivity index is 0.891. The molecule has 0 aliphatic carbocycles. The maximum atomic E-state index is 16.5. The number of fused-ring (bicyclic) bond motifs is 1. The molecule has 4 amide bonds. The molecule has 1 unspecified atom stereocenters. The van der Waals surface area contributed by atoms with Crippen LogP contribution in [0.25, 0.3) is 27.6 Å². The van der Waals surface area contributed by atoms with Crippen molar-refractivity contribution in [2.75, 3.05) is 68.5 Å². The summed E-state index contributed by atoms with van der Waals surface area (Å²) in [5.74, 6) is -1.81. The number of hydrogen-bond acceptors (Lipinski definition) is 8. The van der Waals surface area contributed by atoms with Gasteiger partial charge in [0.25, 0.3) is 5.91 Å². The Hall–Kier alpha value is -6.51. The highest BCUT2D eigenvalue weighted by Crippen LogP contribution is 2.45. The van der Waals surface area contributed by atoms with Crippen molar-refractivity contribution in [1.29, 1.82) is 0 Å². The van der Waals surface area contributed by atoms with Crippen LogP contribution in [0.2, 0.25) is 0 Å². The number of aromatic amines is 1. The summed E-state index contributed by atoms with van der Waals surface area (Å²) in [6.45, 7) is 4.38. The number of anilines is 3. The quantitative estimate of drug-likeness (QED) is 0.163. The maximum absolute atomic E-state index is 16.5. The summed E-state index contributed by atoms with van der Waals surface area (Å²) < 4.78 is 33.5. The monoisotopic (exact) mass is 801 g/mol. The lowest BCUT2D eigenvalue weighted by Crippen LogP contribution is -2.72. The van der Waals surface area contributed by atoms with Crippen molar-refractivity contribution in [3.8, 4) is 11.1 Å². The first-order chi connectivity index (χ1) is 28.4. The Morgan fingerprint density at radius 1 is 0.983 bits per heavy atom. The van der Waals surface area contributed by atoms with Crippen molar-refractivity contribution in [2.24, 2.45) is 5.41 Å². The number of nitrogens with one attached hydrogen (secondary N) is 3. The van der Waals surface area contributed by atoms with Crippen molar-refractivity contribution in [3.05, 3.63) is 102 Å². The number of aromatic nitrogens is 3. The first-order valence-electron chi connectivity index (χ1n) is 20.0. The summed E-state index contributed by atoms with van der Waals surface area (Å²) in [6.07, 6.45) is 6.99. The number of amides is 4. The molecular weight excluding hydrogens is 757 g/mol. The number of benzene rings is 3. The normalized spacial score (nSPS) is 18.7. The Kier molecular flexibility index (Phi) is 9.68. The third kappa shape index (κ3) is 7.29. The first-order valence-corrected chi connectivity index (χ1v) is 20.0. The SMILES string of the molecule is CN(C)C(=O)c1cc2c(-c3ccc(N4CC5(C4)CN(c4ccc(NC6CCC(=O)NC6=O)cc4F)C5)cc3)cc(C3=CCCN(C(=O)CCn4cccn4)C3)c(F)c2[nH]1. The van der Waals surface area contributed by atoms with Crippen LogP contribution in [0.4, 0.5) is 25.8 Å². The largest absolute Gasteiger partial charge is 0.374 e. The summed E-state index contributed by atoms with van der Waals surface area (Å²) in [5, 5.41) is 10.1. The molecule has 6 heterocycles. The van der Waals surface area contributed by atoms with Crippen LogP contribution in [-0.2, 0) is 20.9 Å². The van der Waals surface area contributed by atoms with Gasteiger partial charge >= 0.3 is 0 Å². The molecule has 9 rings (SSSR count). The van der Waals surface area contributed by atoms with E-state index in [-0.39, 0.29) is 59.6 Å². The average molecular weight is 802 g/mol. The third-order valence-corrected chi connectivity index (χ3v) is 12.0. The van der Waals surface area contributed by atoms with Crippen molar-refractivity contribution in [3.63, 3.8) is 0 Å². The molecule has 1 spiro atoms. The van der Waals surface area contributed by atoms with E-state index in [0.717, 1.165) is 48.6 Å². The van der Waals surface area contributed by atoms with E-state index in [9.17, 15) is 19.2 Å². The summed E-state index contributed by atoms with van der Waals surface area (Å²) in [4.78, 5) is 60.5. The number of carbonyl (C=O) groups excluding carboxylic acids is 4. The van der Waals surface area contributed by atoms with Gasteiger partial charge in [0, 0.05) is 113 Å². The van der Waals surface area contributed by atoms with Crippen LogP contribution in [0.15, 0.2) is 79.1 Å². The molecule has 15 heteroatoms. The van der Waals surface area contributed by atoms with Crippen molar-refractivity contribution < 1.29 is 28.0 Å². The van der Waals surface area contributed by atoms with Crippen LogP contribution in [0.1, 0.15) is 41.7 Å². The van der Waals surface area contributed by atoms with E-state index in [1.54, 1.807) is 48.1 Å². The van der Waals surface area contributed by atoms with Gasteiger partial charge in [-0.05, 0) is 78.1 Å². The smallest absolute Gasteiger partial charge is 0.269 e. The van der Waals surface area contributed by atoms with Gasteiger partial charge in [-0.2, -0.15) is 5.10 Å². The Labute approximate surface area is 339 Å². The minimum Gasteiger partial charge on any atom is -0.374 e. The van der Waals surface area contributed by atoms with E-state index >= 15 is 8.78 Å². The zero-order valence-corrected chi connectivity index (χ0v) is 32.9. The molecule has 0 saturated carbocycles. The van der Waals surface area contributed by atoms with E-state index in [4.69, 9.17) is 0 Å². The number of rotatable bonds is 10. The molecule has 0 bridgehead atoms. The molecule has 5 aromatic rings. The fourth-order valence-electron chi connectivity index (χ4n) is 8.86. The van der Waals surface area contributed by atoms with Crippen molar-refractivity contribution >= 4 is 57.2 Å². The van der Waals surface area contributed by atoms with Crippen LogP contribution in [0, 0.1) is 17.0 Å². The molecule has 13 nitrogen and oxygen atoms in total. The Morgan fingerprint density at radius 3 is 2.47 bits per heavy atom. The van der Waals surface area contributed by atoms with Gasteiger partial charge in [0.15, 0.2) is 5.82 Å². The summed E-state index contributed by atoms with van der Waals surface area (Å²) in [6, 6.07) is 17.8. The van der Waals surface area contributed by atoms with Crippen LogP contribution < -0.4 is 20.4 Å². The van der Waals surface area contributed by atoms with E-state index in [2.05, 4.69) is 37.7 Å². The van der Waals surface area contributed by atoms with Crippen molar-refractivity contribution in [2.45, 2.75) is 38.3 Å². The average Bonchev–Trinajstić information content (AvgIpc) is 3.89. The molecule has 3 fully saturated rings. The predicted octanol–water partition coefficient (Wildman–Crippen LogP) is 5.26. The highest BCUT2D eigenvalue weighted by molar-refractivity contribution is 6.05. The van der Waals surface area contributed by atoms with Crippen molar-refractivity contribution in [1.82, 2.24) is 29.9 Å². The zero-order valence-electron chi connectivity index (χ0n) is 32.9. The number of hydrogen-bond donors (Lipinski definition) is 3. The van der Waals surface area contributed by atoms with E-state index < -0.39 is 17.8 Å². The van der Waals surface area contributed by atoms with Gasteiger partial charge in [0.05, 0.1) is 11.2 Å². The molecule has 304 valence electrons. The standard InChI is InChI=1S/C44H45F2N9O4/c1-51(2)43(59)36-21-33-31(20-32(40(46)41(33)49-36)28-5-3-16-52(22-28)39(57)14-18-55-17-4-15-47-55)27-6-9-30(10-7-27)53-23-44(24-53)25-54(26-44)37-12-8-29(19-34(37)45)48-35-11-13-38(56)50-42(35)58/h4-10,12,15,17,19-21,35,48-49H,3,11,13-14,16,18,22-26H2,1-2H3,(H,50,56,58). The zero-order chi connectivity index (χ0) is 41.0. The fraction of sp³-hybridized carbons (Fsp3) is 0.341. The summed E-state index contributed by atoms with van der Waals surface area (Å²) in [5.41, 5.74) is 5.38. The second kappa shape index (κ2) is 15.0. The number of aryl methyl sites for hydroxylation is 1. The first kappa shape index (κ1) is 38.0. The molecule has 3 aromatic carbocycles. The number of halogens is 2. The van der Waals surface area contributed by atoms with Crippen LogP contribution in [-0.4, -0.2) is 108 Å². The van der Waals surface area contributed by atoms with Gasteiger partial charge in [0.1, 0.15) is 17.6 Å². The fourth-order valence-corrected chi connectivity index (χ4v) is 8.86. The summed E-state index contributed by atoms with van der Waals surface area (Å²) in [7, 11) is 3.31. The molecule has 4 aliphatic rings. The maximum Gasteiger partial charge on any atom is 0.269 e. The highest BCUT2D eigenvalue weighted by atomic mass is 19.1. The number of piperidine rings is 1. The van der Waals surface area contributed by atoms with Gasteiger partial charge in [-0.1, -0.05) is 18.2 Å². The van der Waals surface area contributed by atoms with Gasteiger partial charge in [-0.25, -0.2) is 8.78 Å². The molecule has 4 aliphatic heterocycles. The lowest BCUT2D eigenvalue weighted by molar-refractivity contribution is -0.134. The summed E-state index contributed by atoms with van der Waals surface area (Å²) >= 11 is 0. The minimum absolute atomic E-state index is 0.0214. The second-order valence-corrected chi connectivity index (χ2v) is 16.4. The third-order valence-electron chi connectivity index (χ3n) is 12.0. The molecule has 1 atom stereocenters. The lowest BCUT2D eigenvalue weighted by atomic mass is 9.72. The second-order valence-electron chi connectivity index (χ2n) is 16.4. The minimum atomic E-state index is -0.581. The van der Waals surface area contributed by atoms with E-state index in [0.29, 0.717) is 48.3 Å². The predicted molar refractivity (Wildman–Crippen MR) is 221 cm³/mol. The highest BCUT2D eigenvalue weighted by Gasteiger charge is 2.52. The Bertz CT molecular complexity index is 2500. The molecule has 3 saturated heterocycles. The number of carbonyl (C=O) groups is 4. The Morgan fingerprint density at radius 2 is 1.76 bits per heavy atom. The van der Waals surface area contributed by atoms with Gasteiger partial charge in [-0.3, -0.25) is 29.2 Å². The number of imide groups is 1.